The molecule has 0 aliphatic carbocycles. The van der Waals surface area contributed by atoms with Crippen molar-refractivity contribution in [3.8, 4) is 5.75 Å². The Balaban J connectivity index is 1.53. The molecule has 1 amide bonds. The molecule has 5 nitrogen and oxygen atoms in total. The Morgan fingerprint density at radius 1 is 1.06 bits per heavy atom. The molecule has 0 aliphatic rings. The molecule has 1 aromatic heterocycles. The second-order valence-electron chi connectivity index (χ2n) is 7.08. The normalized spacial score (nSPS) is 10.9. The third-order valence-electron chi connectivity index (χ3n) is 5.04. The van der Waals surface area contributed by atoms with Gasteiger partial charge in [0.25, 0.3) is 5.91 Å². The zero-order valence-corrected chi connectivity index (χ0v) is 18.5. The number of ether oxygens (including phenoxy) is 1. The van der Waals surface area contributed by atoms with Gasteiger partial charge in [0.1, 0.15) is 11.6 Å². The molecule has 0 saturated carbocycles. The maximum atomic E-state index is 12.5. The average molecular weight is 454 g/mol. The van der Waals surface area contributed by atoms with Crippen LogP contribution in [0.3, 0.4) is 0 Å². The number of carbonyl (C=O) groups excluding carboxylic acids is 1. The zero-order valence-electron chi connectivity index (χ0n) is 16.9. The van der Waals surface area contributed by atoms with E-state index in [-0.39, 0.29) is 5.91 Å². The van der Waals surface area contributed by atoms with Gasteiger partial charge in [-0.2, -0.15) is 0 Å². The Morgan fingerprint density at radius 3 is 2.71 bits per heavy atom. The lowest BCUT2D eigenvalue weighted by atomic mass is 10.2. The summed E-state index contributed by atoms with van der Waals surface area (Å²) < 4.78 is 7.32. The summed E-state index contributed by atoms with van der Waals surface area (Å²) in [6.07, 6.45) is 0.579. The van der Waals surface area contributed by atoms with Crippen LogP contribution in [0.5, 0.6) is 5.75 Å². The highest BCUT2D eigenvalue weighted by molar-refractivity contribution is 6.35. The number of benzene rings is 3. The lowest BCUT2D eigenvalue weighted by molar-refractivity contribution is 0.0953. The summed E-state index contributed by atoms with van der Waals surface area (Å²) in [5, 5.41) is 4.18. The number of hydrogen-bond acceptors (Lipinski definition) is 3. The molecule has 0 saturated heterocycles. The van der Waals surface area contributed by atoms with E-state index in [0.29, 0.717) is 40.9 Å². The van der Waals surface area contributed by atoms with E-state index in [9.17, 15) is 4.79 Å². The topological polar surface area (TPSA) is 56.1 Å². The Hall–Kier alpha value is -3.02. The average Bonchev–Trinajstić information content (AvgIpc) is 3.13. The second-order valence-corrected chi connectivity index (χ2v) is 7.92. The van der Waals surface area contributed by atoms with Crippen molar-refractivity contribution in [1.82, 2.24) is 14.9 Å². The molecule has 0 atom stereocenters. The van der Waals surface area contributed by atoms with Crippen molar-refractivity contribution in [1.29, 1.82) is 0 Å². The van der Waals surface area contributed by atoms with E-state index in [0.717, 1.165) is 22.4 Å². The minimum absolute atomic E-state index is 0.151. The van der Waals surface area contributed by atoms with E-state index >= 15 is 0 Å². The van der Waals surface area contributed by atoms with Gasteiger partial charge in [-0.1, -0.05) is 47.5 Å². The van der Waals surface area contributed by atoms with Gasteiger partial charge in [-0.25, -0.2) is 4.98 Å². The lowest BCUT2D eigenvalue weighted by Crippen LogP contribution is -2.26. The summed E-state index contributed by atoms with van der Waals surface area (Å²) in [6, 6.07) is 20.5. The predicted octanol–water partition coefficient (Wildman–Crippen LogP) is 5.37. The Bertz CT molecular complexity index is 1240. The molecule has 0 aliphatic heterocycles. The fraction of sp³-hybridized carbons (Fsp3) is 0.167. The van der Waals surface area contributed by atoms with Gasteiger partial charge in [0.05, 0.1) is 24.7 Å². The van der Waals surface area contributed by atoms with Gasteiger partial charge in [-0.05, 0) is 48.0 Å². The number of methoxy groups -OCH3 is 1. The molecule has 158 valence electrons. The zero-order chi connectivity index (χ0) is 21.8. The second kappa shape index (κ2) is 9.41. The molecular weight excluding hydrogens is 433 g/mol. The van der Waals surface area contributed by atoms with Crippen molar-refractivity contribution in [3.05, 3.63) is 93.7 Å². The van der Waals surface area contributed by atoms with Crippen molar-refractivity contribution in [2.75, 3.05) is 13.7 Å². The smallest absolute Gasteiger partial charge is 0.251 e. The number of nitrogens with zero attached hydrogens (tertiary/aromatic N) is 2. The Labute approximate surface area is 190 Å². The van der Waals surface area contributed by atoms with Crippen molar-refractivity contribution in [3.63, 3.8) is 0 Å². The fourth-order valence-electron chi connectivity index (χ4n) is 3.47. The number of amides is 1. The summed E-state index contributed by atoms with van der Waals surface area (Å²) >= 11 is 12.4. The quantitative estimate of drug-likeness (QED) is 0.408. The molecule has 31 heavy (non-hydrogen) atoms. The predicted molar refractivity (Wildman–Crippen MR) is 124 cm³/mol. The first kappa shape index (κ1) is 21.2. The number of aromatic nitrogens is 2. The highest BCUT2D eigenvalue weighted by Gasteiger charge is 2.13. The van der Waals surface area contributed by atoms with E-state index in [1.807, 2.05) is 36.4 Å². The van der Waals surface area contributed by atoms with Gasteiger partial charge in [0.2, 0.25) is 0 Å². The molecule has 0 bridgehead atoms. The van der Waals surface area contributed by atoms with Gasteiger partial charge < -0.3 is 14.6 Å². The van der Waals surface area contributed by atoms with Crippen LogP contribution in [-0.4, -0.2) is 29.1 Å². The van der Waals surface area contributed by atoms with Crippen LogP contribution in [0.15, 0.2) is 66.7 Å². The number of imidazole rings is 1. The first-order chi connectivity index (χ1) is 15.0. The maximum absolute atomic E-state index is 12.5. The van der Waals surface area contributed by atoms with Crippen LogP contribution in [0, 0.1) is 0 Å². The van der Waals surface area contributed by atoms with Crippen LogP contribution in [0.4, 0.5) is 0 Å². The highest BCUT2D eigenvalue weighted by Crippen LogP contribution is 2.25. The van der Waals surface area contributed by atoms with Gasteiger partial charge in [-0.3, -0.25) is 4.79 Å². The number of rotatable bonds is 7. The SMILES string of the molecule is COc1cccc(C(=O)NCCc2nc3ccccc3n2Cc2ccc(Cl)cc2Cl)c1. The van der Waals surface area contributed by atoms with Crippen LogP contribution in [0.25, 0.3) is 11.0 Å². The number of carbonyl (C=O) groups is 1. The highest BCUT2D eigenvalue weighted by atomic mass is 35.5. The summed E-state index contributed by atoms with van der Waals surface area (Å²) in [5.74, 6) is 1.37. The first-order valence-corrected chi connectivity index (χ1v) is 10.6. The molecule has 4 aromatic rings. The van der Waals surface area contributed by atoms with Crippen molar-refractivity contribution >= 4 is 40.1 Å². The molecular formula is C24H21Cl2N3O2. The van der Waals surface area contributed by atoms with Crippen molar-refractivity contribution < 1.29 is 9.53 Å². The van der Waals surface area contributed by atoms with Crippen LogP contribution in [0.1, 0.15) is 21.7 Å². The molecule has 0 radical (unpaired) electrons. The Morgan fingerprint density at radius 2 is 1.90 bits per heavy atom. The summed E-state index contributed by atoms with van der Waals surface area (Å²) in [5.41, 5.74) is 3.43. The third-order valence-corrected chi connectivity index (χ3v) is 5.63. The number of fused-ring (bicyclic) bond motifs is 1. The number of para-hydroxylation sites is 2. The molecule has 0 unspecified atom stereocenters. The van der Waals surface area contributed by atoms with Crippen molar-refractivity contribution in [2.45, 2.75) is 13.0 Å². The fourth-order valence-corrected chi connectivity index (χ4v) is 3.94. The first-order valence-electron chi connectivity index (χ1n) is 9.85. The molecule has 7 heteroatoms. The summed E-state index contributed by atoms with van der Waals surface area (Å²) in [4.78, 5) is 17.3. The molecule has 4 rings (SSSR count). The van der Waals surface area contributed by atoms with Gasteiger partial charge in [0.15, 0.2) is 0 Å². The van der Waals surface area contributed by atoms with Crippen LogP contribution >= 0.6 is 23.2 Å². The standard InChI is InChI=1S/C24H21Cl2N3O2/c1-31-19-6-4-5-16(13-19)24(30)27-12-11-23-28-21-7-2-3-8-22(21)29(23)15-17-9-10-18(25)14-20(17)26/h2-10,13-14H,11-12,15H2,1H3,(H,27,30). The number of nitrogens with one attached hydrogen (secondary N) is 1. The van der Waals surface area contributed by atoms with Gasteiger partial charge in [-0.15, -0.1) is 0 Å². The van der Waals surface area contributed by atoms with E-state index in [2.05, 4.69) is 9.88 Å². The van der Waals surface area contributed by atoms with Crippen LogP contribution in [-0.2, 0) is 13.0 Å². The Kier molecular flexibility index (Phi) is 6.44. The van der Waals surface area contributed by atoms with E-state index in [1.165, 1.54) is 0 Å². The summed E-state index contributed by atoms with van der Waals surface area (Å²) in [6.45, 7) is 1.02. The molecule has 3 aromatic carbocycles. The largest absolute Gasteiger partial charge is 0.497 e. The lowest BCUT2D eigenvalue weighted by Gasteiger charge is -2.12. The molecule has 1 N–H and O–H groups in total. The monoisotopic (exact) mass is 453 g/mol. The minimum Gasteiger partial charge on any atom is -0.497 e. The maximum Gasteiger partial charge on any atom is 0.251 e. The van der Waals surface area contributed by atoms with E-state index < -0.39 is 0 Å². The van der Waals surface area contributed by atoms with E-state index in [4.69, 9.17) is 32.9 Å². The van der Waals surface area contributed by atoms with Gasteiger partial charge in [0, 0.05) is 28.6 Å². The molecule has 0 spiro atoms. The van der Waals surface area contributed by atoms with Gasteiger partial charge >= 0.3 is 0 Å². The minimum atomic E-state index is -0.151. The molecule has 1 heterocycles. The number of halogens is 2. The van der Waals surface area contributed by atoms with Crippen LogP contribution in [0.2, 0.25) is 10.0 Å². The third kappa shape index (κ3) is 4.84. The molecule has 0 fully saturated rings. The van der Waals surface area contributed by atoms with Crippen LogP contribution < -0.4 is 10.1 Å². The van der Waals surface area contributed by atoms with Crippen molar-refractivity contribution in [2.24, 2.45) is 0 Å². The van der Waals surface area contributed by atoms with E-state index in [1.54, 1.807) is 37.4 Å². The number of hydrogen-bond donors (Lipinski definition) is 1. The summed E-state index contributed by atoms with van der Waals surface area (Å²) in [7, 11) is 1.58.